The summed E-state index contributed by atoms with van der Waals surface area (Å²) in [4.78, 5) is 16.8. The highest BCUT2D eigenvalue weighted by Gasteiger charge is 2.38. The SMILES string of the molecule is CC1CCCN(C(=O)N(CC2CC2)C2CC2)C1. The van der Waals surface area contributed by atoms with E-state index in [-0.39, 0.29) is 0 Å². The number of urea groups is 1. The molecule has 3 nitrogen and oxygen atoms in total. The Kier molecular flexibility index (Phi) is 3.01. The van der Waals surface area contributed by atoms with Crippen LogP contribution in [0.15, 0.2) is 0 Å². The van der Waals surface area contributed by atoms with Gasteiger partial charge in [-0.05, 0) is 50.4 Å². The fraction of sp³-hybridized carbons (Fsp3) is 0.929. The van der Waals surface area contributed by atoms with E-state index in [1.165, 1.54) is 38.5 Å². The Morgan fingerprint density at radius 3 is 2.59 bits per heavy atom. The molecule has 2 saturated carbocycles. The van der Waals surface area contributed by atoms with Crippen molar-refractivity contribution in [2.75, 3.05) is 19.6 Å². The van der Waals surface area contributed by atoms with Gasteiger partial charge in [-0.2, -0.15) is 0 Å². The number of nitrogens with zero attached hydrogens (tertiary/aromatic N) is 2. The molecule has 17 heavy (non-hydrogen) atoms. The molecule has 1 atom stereocenters. The average molecular weight is 236 g/mol. The van der Waals surface area contributed by atoms with E-state index in [9.17, 15) is 4.79 Å². The Morgan fingerprint density at radius 1 is 1.24 bits per heavy atom. The van der Waals surface area contributed by atoms with Gasteiger partial charge in [0.2, 0.25) is 0 Å². The summed E-state index contributed by atoms with van der Waals surface area (Å²) in [5.74, 6) is 1.51. The zero-order valence-electron chi connectivity index (χ0n) is 10.9. The van der Waals surface area contributed by atoms with Crippen LogP contribution in [0, 0.1) is 11.8 Å². The summed E-state index contributed by atoms with van der Waals surface area (Å²) in [5.41, 5.74) is 0. The molecule has 0 aromatic heterocycles. The molecule has 3 fully saturated rings. The molecule has 0 radical (unpaired) electrons. The second-order valence-corrected chi connectivity index (χ2v) is 6.30. The first-order valence-corrected chi connectivity index (χ1v) is 7.29. The Bertz CT molecular complexity index is 297. The van der Waals surface area contributed by atoms with Crippen molar-refractivity contribution in [3.63, 3.8) is 0 Å². The van der Waals surface area contributed by atoms with Gasteiger partial charge in [-0.3, -0.25) is 0 Å². The van der Waals surface area contributed by atoms with Gasteiger partial charge in [0.15, 0.2) is 0 Å². The van der Waals surface area contributed by atoms with Crippen molar-refractivity contribution in [1.29, 1.82) is 0 Å². The lowest BCUT2D eigenvalue weighted by molar-refractivity contribution is 0.127. The second-order valence-electron chi connectivity index (χ2n) is 6.30. The number of likely N-dealkylation sites (tertiary alicyclic amines) is 1. The van der Waals surface area contributed by atoms with Crippen molar-refractivity contribution >= 4 is 6.03 Å². The van der Waals surface area contributed by atoms with Crippen molar-refractivity contribution in [2.24, 2.45) is 11.8 Å². The van der Waals surface area contributed by atoms with Crippen LogP contribution in [0.1, 0.15) is 45.4 Å². The maximum absolute atomic E-state index is 12.5. The third-order valence-electron chi connectivity index (χ3n) is 4.31. The minimum atomic E-state index is 0.339. The largest absolute Gasteiger partial charge is 0.324 e. The van der Waals surface area contributed by atoms with Gasteiger partial charge >= 0.3 is 6.03 Å². The summed E-state index contributed by atoms with van der Waals surface area (Å²) in [6.45, 7) is 5.26. The zero-order valence-corrected chi connectivity index (χ0v) is 10.9. The lowest BCUT2D eigenvalue weighted by Crippen LogP contribution is -2.48. The number of hydrogen-bond acceptors (Lipinski definition) is 1. The summed E-state index contributed by atoms with van der Waals surface area (Å²) in [6.07, 6.45) is 7.63. The molecule has 0 aromatic rings. The lowest BCUT2D eigenvalue weighted by atomic mass is 10.0. The van der Waals surface area contributed by atoms with Gasteiger partial charge in [-0.25, -0.2) is 4.79 Å². The van der Waals surface area contributed by atoms with Gasteiger partial charge in [-0.15, -0.1) is 0 Å². The van der Waals surface area contributed by atoms with Crippen LogP contribution in [-0.2, 0) is 0 Å². The van der Waals surface area contributed by atoms with Crippen LogP contribution in [0.3, 0.4) is 0 Å². The van der Waals surface area contributed by atoms with Crippen molar-refractivity contribution in [3.05, 3.63) is 0 Å². The molecule has 0 N–H and O–H groups in total. The third kappa shape index (κ3) is 2.75. The van der Waals surface area contributed by atoms with Crippen LogP contribution in [0.2, 0.25) is 0 Å². The van der Waals surface area contributed by atoms with E-state index in [1.807, 2.05) is 0 Å². The minimum Gasteiger partial charge on any atom is -0.324 e. The van der Waals surface area contributed by atoms with Gasteiger partial charge in [0.25, 0.3) is 0 Å². The molecular formula is C14H24N2O. The first-order chi connectivity index (χ1) is 8.24. The standard InChI is InChI=1S/C14H24N2O/c1-11-3-2-8-15(9-11)14(17)16(13-6-7-13)10-12-4-5-12/h11-13H,2-10H2,1H3. The van der Waals surface area contributed by atoms with Crippen LogP contribution < -0.4 is 0 Å². The molecule has 1 aliphatic heterocycles. The molecule has 96 valence electrons. The Morgan fingerprint density at radius 2 is 2.00 bits per heavy atom. The second kappa shape index (κ2) is 4.51. The molecule has 3 aliphatic rings. The van der Waals surface area contributed by atoms with E-state index in [0.29, 0.717) is 18.0 Å². The smallest absolute Gasteiger partial charge is 0.320 e. The predicted molar refractivity (Wildman–Crippen MR) is 67.8 cm³/mol. The fourth-order valence-electron chi connectivity index (χ4n) is 2.89. The normalized spacial score (nSPS) is 29.2. The monoisotopic (exact) mass is 236 g/mol. The predicted octanol–water partition coefficient (Wildman–Crippen LogP) is 2.71. The molecule has 1 unspecified atom stereocenters. The first-order valence-electron chi connectivity index (χ1n) is 7.29. The first kappa shape index (κ1) is 11.4. The van der Waals surface area contributed by atoms with Crippen molar-refractivity contribution in [1.82, 2.24) is 9.80 Å². The van der Waals surface area contributed by atoms with Gasteiger partial charge < -0.3 is 9.80 Å². The fourth-order valence-corrected chi connectivity index (χ4v) is 2.89. The highest BCUT2D eigenvalue weighted by Crippen LogP contribution is 2.35. The molecule has 1 saturated heterocycles. The lowest BCUT2D eigenvalue weighted by Gasteiger charge is -2.35. The Hall–Kier alpha value is -0.730. The van der Waals surface area contributed by atoms with Crippen molar-refractivity contribution < 1.29 is 4.79 Å². The Labute approximate surface area is 104 Å². The van der Waals surface area contributed by atoms with E-state index in [2.05, 4.69) is 16.7 Å². The maximum atomic E-state index is 12.5. The Balaban J connectivity index is 1.60. The molecule has 1 heterocycles. The van der Waals surface area contributed by atoms with Gasteiger partial charge in [0, 0.05) is 25.7 Å². The summed E-state index contributed by atoms with van der Waals surface area (Å²) in [7, 11) is 0. The van der Waals surface area contributed by atoms with E-state index < -0.39 is 0 Å². The molecular weight excluding hydrogens is 212 g/mol. The zero-order chi connectivity index (χ0) is 11.8. The topological polar surface area (TPSA) is 23.6 Å². The number of rotatable bonds is 3. The molecule has 3 rings (SSSR count). The average Bonchev–Trinajstić information content (AvgIpc) is 3.16. The van der Waals surface area contributed by atoms with E-state index >= 15 is 0 Å². The number of carbonyl (C=O) groups excluding carboxylic acids is 1. The molecule has 0 bridgehead atoms. The highest BCUT2D eigenvalue weighted by atomic mass is 16.2. The van der Waals surface area contributed by atoms with Crippen LogP contribution in [0.25, 0.3) is 0 Å². The molecule has 2 amide bonds. The molecule has 3 heteroatoms. The number of piperidine rings is 1. The molecule has 0 spiro atoms. The highest BCUT2D eigenvalue weighted by molar-refractivity contribution is 5.75. The maximum Gasteiger partial charge on any atom is 0.320 e. The summed E-state index contributed by atoms with van der Waals surface area (Å²) in [6, 6.07) is 0.922. The van der Waals surface area contributed by atoms with Crippen LogP contribution in [0.4, 0.5) is 4.79 Å². The van der Waals surface area contributed by atoms with Gasteiger partial charge in [-0.1, -0.05) is 6.92 Å². The summed E-state index contributed by atoms with van der Waals surface area (Å²) in [5, 5.41) is 0. The summed E-state index contributed by atoms with van der Waals surface area (Å²) < 4.78 is 0. The number of carbonyl (C=O) groups is 1. The van der Waals surface area contributed by atoms with E-state index in [4.69, 9.17) is 0 Å². The third-order valence-corrected chi connectivity index (χ3v) is 4.31. The van der Waals surface area contributed by atoms with E-state index in [1.54, 1.807) is 0 Å². The molecule has 0 aromatic carbocycles. The minimum absolute atomic E-state index is 0.339. The van der Waals surface area contributed by atoms with Gasteiger partial charge in [0.05, 0.1) is 0 Å². The quantitative estimate of drug-likeness (QED) is 0.739. The van der Waals surface area contributed by atoms with Crippen LogP contribution in [0.5, 0.6) is 0 Å². The van der Waals surface area contributed by atoms with Crippen molar-refractivity contribution in [3.8, 4) is 0 Å². The van der Waals surface area contributed by atoms with Crippen LogP contribution in [-0.4, -0.2) is 41.5 Å². The number of amides is 2. The van der Waals surface area contributed by atoms with Crippen LogP contribution >= 0.6 is 0 Å². The van der Waals surface area contributed by atoms with E-state index in [0.717, 1.165) is 25.6 Å². The van der Waals surface area contributed by atoms with Crippen molar-refractivity contribution in [2.45, 2.75) is 51.5 Å². The summed E-state index contributed by atoms with van der Waals surface area (Å²) >= 11 is 0. The van der Waals surface area contributed by atoms with Gasteiger partial charge in [0.1, 0.15) is 0 Å². The molecule has 2 aliphatic carbocycles. The number of hydrogen-bond donors (Lipinski definition) is 0.